The van der Waals surface area contributed by atoms with Gasteiger partial charge in [-0.25, -0.2) is 0 Å². The molecule has 3 amide bonds. The summed E-state index contributed by atoms with van der Waals surface area (Å²) in [5, 5.41) is 9.66. The van der Waals surface area contributed by atoms with Gasteiger partial charge >= 0.3 is 0 Å². The van der Waals surface area contributed by atoms with E-state index >= 15 is 0 Å². The van der Waals surface area contributed by atoms with Gasteiger partial charge in [0.05, 0.1) is 17.1 Å². The second-order valence-electron chi connectivity index (χ2n) is 11.5. The van der Waals surface area contributed by atoms with Crippen molar-refractivity contribution in [1.29, 1.82) is 0 Å². The average Bonchev–Trinajstić information content (AvgIpc) is 2.92. The molecule has 0 aliphatic heterocycles. The highest BCUT2D eigenvalue weighted by Gasteiger charge is 2.29. The molecule has 3 N–H and O–H groups in total. The first-order valence-electron chi connectivity index (χ1n) is 14.4. The van der Waals surface area contributed by atoms with Gasteiger partial charge in [-0.1, -0.05) is 57.8 Å². The van der Waals surface area contributed by atoms with Crippen molar-refractivity contribution in [3.63, 3.8) is 0 Å². The zero-order valence-corrected chi connectivity index (χ0v) is 22.6. The van der Waals surface area contributed by atoms with Crippen molar-refractivity contribution in [2.75, 3.05) is 16.0 Å². The molecule has 0 radical (unpaired) electrons. The Morgan fingerprint density at radius 3 is 0.889 bits per heavy atom. The summed E-state index contributed by atoms with van der Waals surface area (Å²) in [6.07, 6.45) is 15.7. The van der Waals surface area contributed by atoms with E-state index in [1.54, 1.807) is 0 Å². The summed E-state index contributed by atoms with van der Waals surface area (Å²) in [6.45, 7) is 5.92. The van der Waals surface area contributed by atoms with Gasteiger partial charge in [0.2, 0.25) is 17.7 Å². The predicted octanol–water partition coefficient (Wildman–Crippen LogP) is 7.17. The van der Waals surface area contributed by atoms with Crippen LogP contribution in [0.25, 0.3) is 0 Å². The topological polar surface area (TPSA) is 87.3 Å². The van der Waals surface area contributed by atoms with Crippen molar-refractivity contribution in [3.8, 4) is 0 Å². The van der Waals surface area contributed by atoms with Gasteiger partial charge in [-0.05, 0) is 76.0 Å². The van der Waals surface area contributed by atoms with Crippen LogP contribution in [0, 0.1) is 38.5 Å². The molecule has 4 rings (SSSR count). The third-order valence-corrected chi connectivity index (χ3v) is 8.92. The minimum Gasteiger partial charge on any atom is -0.325 e. The van der Waals surface area contributed by atoms with Crippen molar-refractivity contribution in [2.45, 2.75) is 117 Å². The van der Waals surface area contributed by atoms with E-state index in [0.29, 0.717) is 0 Å². The molecule has 0 aromatic heterocycles. The molecule has 1 aromatic carbocycles. The van der Waals surface area contributed by atoms with E-state index in [4.69, 9.17) is 0 Å². The number of rotatable bonds is 6. The van der Waals surface area contributed by atoms with Crippen LogP contribution in [0.4, 0.5) is 17.1 Å². The quantitative estimate of drug-likeness (QED) is 0.391. The van der Waals surface area contributed by atoms with Gasteiger partial charge in [0.25, 0.3) is 0 Å². The zero-order chi connectivity index (χ0) is 25.7. The number of hydrogen-bond donors (Lipinski definition) is 3. The Labute approximate surface area is 216 Å². The Bertz CT molecular complexity index is 823. The molecule has 6 nitrogen and oxygen atoms in total. The monoisotopic (exact) mass is 495 g/mol. The van der Waals surface area contributed by atoms with Gasteiger partial charge < -0.3 is 16.0 Å². The molecule has 3 aliphatic rings. The fourth-order valence-corrected chi connectivity index (χ4v) is 6.55. The number of carbonyl (C=O) groups excluding carboxylic acids is 3. The molecule has 0 unspecified atom stereocenters. The SMILES string of the molecule is Cc1c(NC(=O)C2CCCCC2)c(C)c(NC(=O)C2CCCCC2)c(C)c1NC(=O)C1CCCCC1. The molecule has 36 heavy (non-hydrogen) atoms. The highest BCUT2D eigenvalue weighted by Crippen LogP contribution is 2.40. The summed E-state index contributed by atoms with van der Waals surface area (Å²) < 4.78 is 0. The summed E-state index contributed by atoms with van der Waals surface area (Å²) >= 11 is 0. The molecule has 0 atom stereocenters. The lowest BCUT2D eigenvalue weighted by molar-refractivity contribution is -0.121. The molecular weight excluding hydrogens is 450 g/mol. The lowest BCUT2D eigenvalue weighted by atomic mass is 9.87. The molecule has 198 valence electrons. The Balaban J connectivity index is 1.65. The average molecular weight is 496 g/mol. The molecule has 0 bridgehead atoms. The van der Waals surface area contributed by atoms with Crippen molar-refractivity contribution in [3.05, 3.63) is 16.7 Å². The minimum absolute atomic E-state index is 0.0272. The third kappa shape index (κ3) is 6.12. The zero-order valence-electron chi connectivity index (χ0n) is 22.6. The van der Waals surface area contributed by atoms with E-state index in [0.717, 1.165) is 111 Å². The first kappa shape index (κ1) is 26.7. The van der Waals surface area contributed by atoms with Crippen molar-refractivity contribution < 1.29 is 14.4 Å². The van der Waals surface area contributed by atoms with Gasteiger partial charge in [0, 0.05) is 17.8 Å². The maximum absolute atomic E-state index is 13.2. The number of hydrogen-bond acceptors (Lipinski definition) is 3. The van der Waals surface area contributed by atoms with E-state index in [2.05, 4.69) is 16.0 Å². The Morgan fingerprint density at radius 2 is 0.667 bits per heavy atom. The summed E-state index contributed by atoms with van der Waals surface area (Å²) in [5.74, 6) is 0.245. The van der Waals surface area contributed by atoms with E-state index < -0.39 is 0 Å². The summed E-state index contributed by atoms with van der Waals surface area (Å²) in [5.41, 5.74) is 4.80. The van der Waals surface area contributed by atoms with Gasteiger partial charge in [-0.3, -0.25) is 14.4 Å². The smallest absolute Gasteiger partial charge is 0.227 e. The van der Waals surface area contributed by atoms with E-state index in [-0.39, 0.29) is 35.5 Å². The Morgan fingerprint density at radius 1 is 0.444 bits per heavy atom. The third-order valence-electron chi connectivity index (χ3n) is 8.92. The van der Waals surface area contributed by atoms with Crippen molar-refractivity contribution >= 4 is 34.8 Å². The normalized spacial score (nSPS) is 20.1. The maximum Gasteiger partial charge on any atom is 0.227 e. The maximum atomic E-state index is 13.2. The van der Waals surface area contributed by atoms with Gasteiger partial charge in [-0.15, -0.1) is 0 Å². The van der Waals surface area contributed by atoms with Crippen molar-refractivity contribution in [2.24, 2.45) is 17.8 Å². The molecule has 0 saturated heterocycles. The van der Waals surface area contributed by atoms with Crippen molar-refractivity contribution in [1.82, 2.24) is 0 Å². The summed E-state index contributed by atoms with van der Waals surface area (Å²) in [6, 6.07) is 0. The van der Waals surface area contributed by atoms with Crippen LogP contribution in [0.5, 0.6) is 0 Å². The molecule has 3 saturated carbocycles. The first-order chi connectivity index (χ1) is 17.4. The second-order valence-corrected chi connectivity index (χ2v) is 11.5. The van der Waals surface area contributed by atoms with Crippen LogP contribution in [0.3, 0.4) is 0 Å². The lowest BCUT2D eigenvalue weighted by Crippen LogP contribution is -2.29. The number of anilines is 3. The number of nitrogens with one attached hydrogen (secondary N) is 3. The molecule has 0 spiro atoms. The van der Waals surface area contributed by atoms with Crippen LogP contribution < -0.4 is 16.0 Å². The minimum atomic E-state index is 0.0272. The highest BCUT2D eigenvalue weighted by atomic mass is 16.2. The molecule has 3 fully saturated rings. The fraction of sp³-hybridized carbons (Fsp3) is 0.700. The number of carbonyl (C=O) groups is 3. The Kier molecular flexibility index (Phi) is 9.08. The van der Waals surface area contributed by atoms with Crippen LogP contribution in [-0.2, 0) is 14.4 Å². The largest absolute Gasteiger partial charge is 0.325 e. The van der Waals surface area contributed by atoms with Crippen LogP contribution in [0.1, 0.15) is 113 Å². The molecule has 0 heterocycles. The van der Waals surface area contributed by atoms with E-state index in [1.165, 1.54) is 19.3 Å². The van der Waals surface area contributed by atoms with Crippen LogP contribution in [0.15, 0.2) is 0 Å². The lowest BCUT2D eigenvalue weighted by Gasteiger charge is -2.28. The number of amides is 3. The Hall–Kier alpha value is -2.37. The van der Waals surface area contributed by atoms with Gasteiger partial charge in [0.15, 0.2) is 0 Å². The molecular formula is C30H45N3O3. The van der Waals surface area contributed by atoms with Crippen LogP contribution in [-0.4, -0.2) is 17.7 Å². The van der Waals surface area contributed by atoms with Gasteiger partial charge in [-0.2, -0.15) is 0 Å². The molecule has 1 aromatic rings. The van der Waals surface area contributed by atoms with Gasteiger partial charge in [0.1, 0.15) is 0 Å². The van der Waals surface area contributed by atoms with E-state index in [9.17, 15) is 14.4 Å². The molecule has 3 aliphatic carbocycles. The van der Waals surface area contributed by atoms with Crippen LogP contribution in [0.2, 0.25) is 0 Å². The predicted molar refractivity (Wildman–Crippen MR) is 146 cm³/mol. The van der Waals surface area contributed by atoms with Crippen LogP contribution >= 0.6 is 0 Å². The number of benzene rings is 1. The summed E-state index contributed by atoms with van der Waals surface area (Å²) in [4.78, 5) is 39.7. The fourth-order valence-electron chi connectivity index (χ4n) is 6.55. The highest BCUT2D eigenvalue weighted by molar-refractivity contribution is 6.03. The standard InChI is InChI=1S/C30H45N3O3/c1-19-25(31-28(34)22-13-7-4-8-14-22)20(2)27(33-30(36)24-17-11-6-12-18-24)21(3)26(19)32-29(35)23-15-9-5-10-16-23/h22-24H,4-18H2,1-3H3,(H,31,34)(H,32,35)(H,33,36). The summed E-state index contributed by atoms with van der Waals surface area (Å²) in [7, 11) is 0. The molecule has 6 heteroatoms. The van der Waals surface area contributed by atoms with E-state index in [1.807, 2.05) is 20.8 Å². The second kappa shape index (κ2) is 12.2. The first-order valence-corrected chi connectivity index (χ1v) is 14.4.